The lowest BCUT2D eigenvalue weighted by atomic mass is 9.90. The van der Waals surface area contributed by atoms with Gasteiger partial charge in [-0.05, 0) is 106 Å². The van der Waals surface area contributed by atoms with Crippen LogP contribution < -0.4 is 10.2 Å². The van der Waals surface area contributed by atoms with Gasteiger partial charge in [-0.1, -0.05) is 55.4 Å². The van der Waals surface area contributed by atoms with Crippen molar-refractivity contribution < 1.29 is 24.3 Å². The number of thiazole rings is 1. The Bertz CT molecular complexity index is 2570. The van der Waals surface area contributed by atoms with Gasteiger partial charge in [-0.2, -0.15) is 0 Å². The Labute approximate surface area is 376 Å². The fourth-order valence-corrected chi connectivity index (χ4v) is 12.0. The maximum absolute atomic E-state index is 14.4. The van der Waals surface area contributed by atoms with E-state index in [4.69, 9.17) is 4.52 Å². The molecule has 13 nitrogen and oxygen atoms in total. The molecule has 3 aliphatic heterocycles. The number of phenolic OH excluding ortho intramolecular Hbond substituents is 1. The van der Waals surface area contributed by atoms with Gasteiger partial charge in [0.15, 0.2) is 11.6 Å². The number of nitrogens with one attached hydrogen (secondary N) is 1. The van der Waals surface area contributed by atoms with Gasteiger partial charge in [-0.15, -0.1) is 32.9 Å². The van der Waals surface area contributed by atoms with Gasteiger partial charge in [-0.25, -0.2) is 4.98 Å². The van der Waals surface area contributed by atoms with Crippen LogP contribution >= 0.6 is 22.7 Å². The largest absolute Gasteiger partial charge is 0.507 e. The zero-order chi connectivity index (χ0) is 43.9. The first-order valence-electron chi connectivity index (χ1n) is 22.2. The third-order valence-corrected chi connectivity index (χ3v) is 15.9. The lowest BCUT2D eigenvalue weighted by Crippen LogP contribution is -2.48. The highest BCUT2D eigenvalue weighted by Gasteiger charge is 2.44. The van der Waals surface area contributed by atoms with Gasteiger partial charge < -0.3 is 34.8 Å². The number of β-amino-alcohol motifs (C(OH)–C–C–N with tert-alkyl or cyclic N) is 1. The molecule has 0 aliphatic carbocycles. The van der Waals surface area contributed by atoms with Crippen LogP contribution in [0.1, 0.15) is 98.2 Å². The van der Waals surface area contributed by atoms with Gasteiger partial charge in [0.25, 0.3) is 0 Å². The predicted molar refractivity (Wildman–Crippen MR) is 247 cm³/mol. The first-order valence-corrected chi connectivity index (χ1v) is 23.9. The number of carbonyl (C=O) groups excluding carboxylic acids is 2. The minimum Gasteiger partial charge on any atom is -0.507 e. The number of likely N-dealkylation sites (tertiary alicyclic amines) is 2. The van der Waals surface area contributed by atoms with Crippen molar-refractivity contribution in [3.8, 4) is 27.4 Å². The molecule has 0 unspecified atom stereocenters. The average Bonchev–Trinajstić information content (AvgIpc) is 4.11. The van der Waals surface area contributed by atoms with Crippen molar-refractivity contribution in [2.45, 2.75) is 103 Å². The van der Waals surface area contributed by atoms with E-state index in [0.717, 1.165) is 89.6 Å². The molecule has 3 N–H and O–H groups in total. The van der Waals surface area contributed by atoms with Crippen LogP contribution in [0.4, 0.5) is 5.82 Å². The smallest absolute Gasteiger partial charge is 0.243 e. The van der Waals surface area contributed by atoms with Crippen molar-refractivity contribution in [3.05, 3.63) is 93.6 Å². The molecule has 0 radical (unpaired) electrons. The predicted octanol–water partition coefficient (Wildman–Crippen LogP) is 8.22. The summed E-state index contributed by atoms with van der Waals surface area (Å²) in [5, 5.41) is 38.9. The van der Waals surface area contributed by atoms with Gasteiger partial charge >= 0.3 is 0 Å². The number of rotatable bonds is 11. The van der Waals surface area contributed by atoms with Gasteiger partial charge in [0.2, 0.25) is 11.8 Å². The Hall–Kier alpha value is -5.22. The molecule has 3 fully saturated rings. The molecule has 63 heavy (non-hydrogen) atoms. The molecule has 330 valence electrons. The Kier molecular flexibility index (Phi) is 12.4. The van der Waals surface area contributed by atoms with Gasteiger partial charge in [-0.3, -0.25) is 9.59 Å². The number of aryl methyl sites for hydroxylation is 2. The lowest BCUT2D eigenvalue weighted by molar-refractivity contribution is -0.141. The number of para-hydroxylation sites is 1. The van der Waals surface area contributed by atoms with Crippen LogP contribution in [-0.4, -0.2) is 103 Å². The van der Waals surface area contributed by atoms with E-state index in [9.17, 15) is 19.8 Å². The Morgan fingerprint density at radius 1 is 0.937 bits per heavy atom. The first-order chi connectivity index (χ1) is 30.4. The fourth-order valence-electron chi connectivity index (χ4n) is 9.93. The summed E-state index contributed by atoms with van der Waals surface area (Å²) in [5.74, 6) is 0.609. The molecule has 3 saturated heterocycles. The molecule has 7 heterocycles. The van der Waals surface area contributed by atoms with E-state index < -0.39 is 18.1 Å². The Balaban J connectivity index is 0.791. The standard InChI is InChI=1S/C48H56N8O5S2/c1-27(2)43(48(60)56-25-35(57)22-39(56)46(59)50-29(4)31-10-12-32(13-11-31)45-30(5)49-26-62-45)41-24-42(53-61-41)55-20-16-34(17-21-55)54-18-14-33(15-19-54)44-28(3)37-23-38(51-52-47(37)63-44)36-8-6-7-9-40(36)58/h6-13,23-24,26-27,29,33-35,39,43,57-58H,14-22,25H2,1-5H3,(H,50,59)/t29-,35+,39-,43+/m0/s1. The van der Waals surface area contributed by atoms with Crippen molar-refractivity contribution in [2.24, 2.45) is 5.92 Å². The zero-order valence-corrected chi connectivity index (χ0v) is 38.2. The van der Waals surface area contributed by atoms with Crippen LogP contribution in [0.2, 0.25) is 0 Å². The summed E-state index contributed by atoms with van der Waals surface area (Å²) in [6.07, 6.45) is 3.61. The number of piperidine rings is 2. The van der Waals surface area contributed by atoms with Crippen LogP contribution in [0.25, 0.3) is 31.9 Å². The molecule has 0 bridgehead atoms. The van der Waals surface area contributed by atoms with Crippen molar-refractivity contribution in [3.63, 3.8) is 0 Å². The molecular weight excluding hydrogens is 833 g/mol. The Morgan fingerprint density at radius 3 is 2.38 bits per heavy atom. The normalized spacial score (nSPS) is 20.2. The van der Waals surface area contributed by atoms with Crippen molar-refractivity contribution in [2.75, 3.05) is 37.6 Å². The van der Waals surface area contributed by atoms with Crippen LogP contribution in [0, 0.1) is 19.8 Å². The molecule has 0 spiro atoms. The van der Waals surface area contributed by atoms with Crippen LogP contribution in [-0.2, 0) is 9.59 Å². The monoisotopic (exact) mass is 888 g/mol. The number of aliphatic hydroxyl groups is 1. The molecule has 4 atom stereocenters. The molecule has 2 aromatic carbocycles. The minimum absolute atomic E-state index is 0.0866. The third kappa shape index (κ3) is 8.72. The third-order valence-electron chi connectivity index (χ3n) is 13.5. The highest BCUT2D eigenvalue weighted by atomic mass is 32.1. The average molecular weight is 889 g/mol. The van der Waals surface area contributed by atoms with Crippen molar-refractivity contribution >= 4 is 50.5 Å². The lowest BCUT2D eigenvalue weighted by Gasteiger charge is -2.41. The van der Waals surface area contributed by atoms with Gasteiger partial charge in [0.1, 0.15) is 22.5 Å². The summed E-state index contributed by atoms with van der Waals surface area (Å²) in [6, 6.07) is 18.7. The highest BCUT2D eigenvalue weighted by molar-refractivity contribution is 7.19. The topological polar surface area (TPSA) is 161 Å². The minimum atomic E-state index is -0.799. The number of nitrogens with zero attached hydrogens (tertiary/aromatic N) is 7. The van der Waals surface area contributed by atoms with E-state index in [2.05, 4.69) is 48.4 Å². The van der Waals surface area contributed by atoms with E-state index in [-0.39, 0.29) is 42.5 Å². The number of carbonyl (C=O) groups is 2. The summed E-state index contributed by atoms with van der Waals surface area (Å²) in [7, 11) is 0. The van der Waals surface area contributed by atoms with Crippen molar-refractivity contribution in [1.29, 1.82) is 0 Å². The van der Waals surface area contributed by atoms with Gasteiger partial charge in [0, 0.05) is 54.0 Å². The second-order valence-electron chi connectivity index (χ2n) is 17.9. The van der Waals surface area contributed by atoms with E-state index in [1.807, 2.05) is 81.7 Å². The second-order valence-corrected chi connectivity index (χ2v) is 19.8. The summed E-state index contributed by atoms with van der Waals surface area (Å²) in [6.45, 7) is 13.9. The number of amides is 2. The molecule has 2 amide bonds. The van der Waals surface area contributed by atoms with Crippen LogP contribution in [0.15, 0.2) is 70.7 Å². The Morgan fingerprint density at radius 2 is 1.68 bits per heavy atom. The van der Waals surface area contributed by atoms with Crippen LogP contribution in [0.5, 0.6) is 5.75 Å². The number of aromatic hydroxyl groups is 1. The van der Waals surface area contributed by atoms with Gasteiger partial charge in [0.05, 0.1) is 33.9 Å². The summed E-state index contributed by atoms with van der Waals surface area (Å²) < 4.78 is 5.94. The first kappa shape index (κ1) is 43.1. The van der Waals surface area contributed by atoms with E-state index in [1.165, 1.54) is 15.3 Å². The molecule has 15 heteroatoms. The number of thiophene rings is 1. The summed E-state index contributed by atoms with van der Waals surface area (Å²) in [5.41, 5.74) is 7.52. The maximum atomic E-state index is 14.4. The molecule has 9 rings (SSSR count). The van der Waals surface area contributed by atoms with E-state index >= 15 is 0 Å². The molecule has 4 aromatic heterocycles. The zero-order valence-electron chi connectivity index (χ0n) is 36.5. The number of hydrogen-bond acceptors (Lipinski definition) is 13. The highest BCUT2D eigenvalue weighted by Crippen LogP contribution is 2.42. The quantitative estimate of drug-likeness (QED) is 0.115. The summed E-state index contributed by atoms with van der Waals surface area (Å²) >= 11 is 3.36. The van der Waals surface area contributed by atoms with Crippen molar-refractivity contribution in [1.82, 2.24) is 35.5 Å². The number of aliphatic hydroxyl groups excluding tert-OH is 1. The number of aromatic nitrogens is 4. The molecular formula is C48H56N8O5S2. The molecule has 0 saturated carbocycles. The SMILES string of the molecule is Cc1ncsc1-c1ccc([C@H](C)NC(=O)[C@@H]2C[C@@H](O)CN2C(=O)[C@@H](c2cc(N3CCC(N4CCC(c5sc6nnc(-c7ccccc7O)cc6c5C)CC4)CC3)no2)C(C)C)cc1. The second kappa shape index (κ2) is 18.1. The van der Waals surface area contributed by atoms with Crippen LogP contribution in [0.3, 0.4) is 0 Å². The van der Waals surface area contributed by atoms with E-state index in [0.29, 0.717) is 29.0 Å². The van der Waals surface area contributed by atoms with E-state index in [1.54, 1.807) is 28.7 Å². The summed E-state index contributed by atoms with van der Waals surface area (Å²) in [4.78, 5) is 42.4. The number of anilines is 1. The number of benzene rings is 2. The number of hydrogen-bond donors (Lipinski definition) is 3. The molecule has 6 aromatic rings. The fraction of sp³-hybridized carbons (Fsp3) is 0.458. The number of fused-ring (bicyclic) bond motifs is 1. The molecule has 3 aliphatic rings. The number of phenols is 1. The maximum Gasteiger partial charge on any atom is 0.243 e.